The van der Waals surface area contributed by atoms with E-state index in [-0.39, 0.29) is 6.04 Å². The number of hydrogen-bond acceptors (Lipinski definition) is 7. The van der Waals surface area contributed by atoms with E-state index >= 15 is 0 Å². The van der Waals surface area contributed by atoms with Gasteiger partial charge in [-0.25, -0.2) is 5.01 Å². The van der Waals surface area contributed by atoms with Gasteiger partial charge < -0.3 is 23.8 Å². The van der Waals surface area contributed by atoms with Crippen molar-refractivity contribution in [2.24, 2.45) is 5.10 Å². The number of hydrogen-bond donors (Lipinski definition) is 0. The van der Waals surface area contributed by atoms with Crippen molar-refractivity contribution in [3.8, 4) is 23.0 Å². The smallest absolute Gasteiger partial charge is 0.200 e. The first-order valence-corrected chi connectivity index (χ1v) is 12.1. The monoisotopic (exact) mass is 449 g/mol. The summed E-state index contributed by atoms with van der Waals surface area (Å²) >= 11 is 0. The molecule has 6 rings (SSSR count). The Bertz CT molecular complexity index is 1080. The van der Waals surface area contributed by atoms with Crippen LogP contribution in [0.3, 0.4) is 0 Å². The van der Waals surface area contributed by atoms with Crippen molar-refractivity contribution in [3.05, 3.63) is 47.5 Å². The average Bonchev–Trinajstić information content (AvgIpc) is 3.32. The lowest BCUT2D eigenvalue weighted by Gasteiger charge is -2.51. The van der Waals surface area contributed by atoms with Crippen LogP contribution in [0.1, 0.15) is 49.8 Å². The molecule has 0 amide bonds. The summed E-state index contributed by atoms with van der Waals surface area (Å²) < 4.78 is 24.1. The highest BCUT2D eigenvalue weighted by Gasteiger charge is 2.52. The van der Waals surface area contributed by atoms with Gasteiger partial charge in [-0.2, -0.15) is 5.10 Å². The minimum atomic E-state index is -0.452. The van der Waals surface area contributed by atoms with Gasteiger partial charge >= 0.3 is 0 Å². The van der Waals surface area contributed by atoms with E-state index in [1.807, 2.05) is 18.2 Å². The van der Waals surface area contributed by atoms with Gasteiger partial charge in [0.1, 0.15) is 13.2 Å². The molecule has 0 radical (unpaired) electrons. The maximum atomic E-state index is 6.82. The number of para-hydroxylation sites is 1. The van der Waals surface area contributed by atoms with E-state index in [1.165, 1.54) is 6.42 Å². The van der Waals surface area contributed by atoms with E-state index in [0.717, 1.165) is 78.7 Å². The van der Waals surface area contributed by atoms with Crippen LogP contribution >= 0.6 is 0 Å². The van der Waals surface area contributed by atoms with E-state index in [1.54, 1.807) is 7.11 Å². The molecule has 7 heteroatoms. The predicted octanol–water partition coefficient (Wildman–Crippen LogP) is 4.21. The molecule has 2 aromatic rings. The number of rotatable bonds is 4. The van der Waals surface area contributed by atoms with Gasteiger partial charge in [0.05, 0.1) is 18.9 Å². The highest BCUT2D eigenvalue weighted by atomic mass is 16.6. The van der Waals surface area contributed by atoms with Crippen molar-refractivity contribution in [3.63, 3.8) is 0 Å². The average molecular weight is 450 g/mol. The Morgan fingerprint density at radius 3 is 2.70 bits per heavy atom. The van der Waals surface area contributed by atoms with Crippen molar-refractivity contribution in [2.75, 3.05) is 40.0 Å². The summed E-state index contributed by atoms with van der Waals surface area (Å²) in [6.07, 6.45) is 3.82. The van der Waals surface area contributed by atoms with Crippen LogP contribution in [-0.2, 0) is 0 Å². The van der Waals surface area contributed by atoms with Gasteiger partial charge in [-0.1, -0.05) is 19.1 Å². The van der Waals surface area contributed by atoms with Crippen molar-refractivity contribution < 1.29 is 18.9 Å². The number of methoxy groups -OCH3 is 1. The second kappa shape index (κ2) is 8.13. The Hall–Kier alpha value is -2.93. The molecule has 0 bridgehead atoms. The van der Waals surface area contributed by atoms with E-state index in [2.05, 4.69) is 35.0 Å². The Labute approximate surface area is 194 Å². The molecule has 1 saturated heterocycles. The summed E-state index contributed by atoms with van der Waals surface area (Å²) in [6, 6.07) is 12.5. The van der Waals surface area contributed by atoms with E-state index in [9.17, 15) is 0 Å². The Morgan fingerprint density at radius 2 is 1.91 bits per heavy atom. The highest BCUT2D eigenvalue weighted by molar-refractivity contribution is 6.02. The van der Waals surface area contributed by atoms with E-state index < -0.39 is 5.72 Å². The number of piperidine rings is 1. The lowest BCUT2D eigenvalue weighted by Crippen LogP contribution is -2.59. The molecule has 0 saturated carbocycles. The summed E-state index contributed by atoms with van der Waals surface area (Å²) in [6.45, 7) is 6.56. The summed E-state index contributed by atoms with van der Waals surface area (Å²) in [5.74, 6) is 3.28. The quantitative estimate of drug-likeness (QED) is 0.697. The predicted molar refractivity (Wildman–Crippen MR) is 125 cm³/mol. The minimum absolute atomic E-state index is 0.129. The van der Waals surface area contributed by atoms with Gasteiger partial charge in [0.2, 0.25) is 5.72 Å². The Balaban J connectivity index is 1.38. The lowest BCUT2D eigenvalue weighted by atomic mass is 9.90. The number of benzene rings is 2. The number of ether oxygens (including phenoxy) is 4. The first-order chi connectivity index (χ1) is 16.2. The molecule has 0 N–H and O–H groups in total. The van der Waals surface area contributed by atoms with Gasteiger partial charge in [-0.3, -0.25) is 0 Å². The molecule has 174 valence electrons. The third-order valence-electron chi connectivity index (χ3n) is 7.26. The van der Waals surface area contributed by atoms with Crippen LogP contribution in [0.15, 0.2) is 41.5 Å². The van der Waals surface area contributed by atoms with Gasteiger partial charge in [0, 0.05) is 43.5 Å². The molecule has 0 unspecified atom stereocenters. The summed E-state index contributed by atoms with van der Waals surface area (Å²) in [5, 5.41) is 7.46. The van der Waals surface area contributed by atoms with Crippen molar-refractivity contribution in [1.82, 2.24) is 9.91 Å². The molecule has 0 aromatic heterocycles. The second-order valence-electron chi connectivity index (χ2n) is 9.24. The number of likely N-dealkylation sites (tertiary alicyclic amines) is 1. The molecule has 4 heterocycles. The van der Waals surface area contributed by atoms with Crippen LogP contribution in [-0.4, -0.2) is 61.3 Å². The zero-order chi connectivity index (χ0) is 22.4. The van der Waals surface area contributed by atoms with E-state index in [4.69, 9.17) is 24.0 Å². The standard InChI is InChI=1S/C26H31N3O4/c1-3-11-28-12-9-26(10-13-28)29-21(19-5-4-6-23(30-2)25(19)33-26)17-20(27-29)18-7-8-22-24(16-18)32-15-14-31-22/h4-8,16,21H,3,9-15,17H2,1-2H3/t21-/m0/s1. The van der Waals surface area contributed by atoms with Crippen LogP contribution in [0.2, 0.25) is 0 Å². The second-order valence-corrected chi connectivity index (χ2v) is 9.24. The Morgan fingerprint density at radius 1 is 1.09 bits per heavy atom. The molecule has 4 aliphatic heterocycles. The zero-order valence-corrected chi connectivity index (χ0v) is 19.4. The third kappa shape index (κ3) is 3.41. The maximum Gasteiger partial charge on any atom is 0.200 e. The van der Waals surface area contributed by atoms with Crippen molar-refractivity contribution in [2.45, 2.75) is 44.4 Å². The number of nitrogens with zero attached hydrogens (tertiary/aromatic N) is 3. The summed E-state index contributed by atoms with van der Waals surface area (Å²) in [7, 11) is 1.72. The van der Waals surface area contributed by atoms with Gasteiger partial charge in [0.15, 0.2) is 23.0 Å². The fourth-order valence-electron chi connectivity index (χ4n) is 5.60. The summed E-state index contributed by atoms with van der Waals surface area (Å²) in [4.78, 5) is 2.53. The molecule has 2 aromatic carbocycles. The van der Waals surface area contributed by atoms with Gasteiger partial charge in [-0.05, 0) is 37.2 Å². The largest absolute Gasteiger partial charge is 0.493 e. The molecular formula is C26H31N3O4. The molecule has 1 spiro atoms. The summed E-state index contributed by atoms with van der Waals surface area (Å²) in [5.41, 5.74) is 2.84. The Kier molecular flexibility index (Phi) is 5.09. The van der Waals surface area contributed by atoms with Gasteiger partial charge in [0.25, 0.3) is 0 Å². The van der Waals surface area contributed by atoms with Crippen LogP contribution in [0, 0.1) is 0 Å². The lowest BCUT2D eigenvalue weighted by molar-refractivity contribution is -0.150. The van der Waals surface area contributed by atoms with Crippen molar-refractivity contribution in [1.29, 1.82) is 0 Å². The van der Waals surface area contributed by atoms with Crippen LogP contribution in [0.25, 0.3) is 0 Å². The topological polar surface area (TPSA) is 55.8 Å². The number of fused-ring (bicyclic) bond motifs is 5. The SMILES string of the molecule is CCCN1CCC2(CC1)Oc1c(OC)cccc1[C@@H]1CC(c3ccc4c(c3)OCCO4)=NN12. The molecule has 1 atom stereocenters. The number of hydrazone groups is 1. The highest BCUT2D eigenvalue weighted by Crippen LogP contribution is 2.53. The normalized spacial score (nSPS) is 22.9. The minimum Gasteiger partial charge on any atom is -0.493 e. The molecule has 0 aliphatic carbocycles. The molecule has 1 fully saturated rings. The molecule has 7 nitrogen and oxygen atoms in total. The van der Waals surface area contributed by atoms with Crippen LogP contribution in [0.4, 0.5) is 0 Å². The van der Waals surface area contributed by atoms with Crippen molar-refractivity contribution >= 4 is 5.71 Å². The first kappa shape index (κ1) is 20.7. The molecule has 33 heavy (non-hydrogen) atoms. The fourth-order valence-corrected chi connectivity index (χ4v) is 5.60. The third-order valence-corrected chi connectivity index (χ3v) is 7.26. The van der Waals surface area contributed by atoms with Gasteiger partial charge in [-0.15, -0.1) is 0 Å². The fraction of sp³-hybridized carbons (Fsp3) is 0.500. The van der Waals surface area contributed by atoms with Crippen LogP contribution in [0.5, 0.6) is 23.0 Å². The van der Waals surface area contributed by atoms with E-state index in [0.29, 0.717) is 13.2 Å². The molecule has 4 aliphatic rings. The van der Waals surface area contributed by atoms with Crippen LogP contribution < -0.4 is 18.9 Å². The zero-order valence-electron chi connectivity index (χ0n) is 19.4. The molecular weight excluding hydrogens is 418 g/mol. The first-order valence-electron chi connectivity index (χ1n) is 12.1. The maximum absolute atomic E-state index is 6.82.